The summed E-state index contributed by atoms with van der Waals surface area (Å²) in [6, 6.07) is 3.99. The first kappa shape index (κ1) is 15.2. The van der Waals surface area contributed by atoms with E-state index in [1.54, 1.807) is 11.9 Å². The summed E-state index contributed by atoms with van der Waals surface area (Å²) >= 11 is 0. The van der Waals surface area contributed by atoms with Gasteiger partial charge in [0.05, 0.1) is 23.7 Å². The Hall–Kier alpha value is -2.15. The molecule has 2 rings (SSSR count). The van der Waals surface area contributed by atoms with Crippen LogP contribution in [0.1, 0.15) is 23.2 Å². The van der Waals surface area contributed by atoms with Gasteiger partial charge >= 0.3 is 0 Å². The highest BCUT2D eigenvalue weighted by Gasteiger charge is 2.35. The maximum atomic E-state index is 12.6. The predicted molar refractivity (Wildman–Crippen MR) is 77.3 cm³/mol. The van der Waals surface area contributed by atoms with Crippen molar-refractivity contribution in [3.05, 3.63) is 33.9 Å². The van der Waals surface area contributed by atoms with Gasteiger partial charge in [-0.15, -0.1) is 0 Å². The Kier molecular flexibility index (Phi) is 4.42. The number of carbonyl (C=O) groups excluding carboxylic acids is 1. The number of nitro benzene ring substituents is 1. The van der Waals surface area contributed by atoms with Crippen LogP contribution < -0.4 is 10.5 Å². The highest BCUT2D eigenvalue weighted by atomic mass is 16.6. The SMILES string of the molecule is COc1cc([N+](=O)[O-])ccc1C(=O)N(C)C(CN)C1CC1. The average Bonchev–Trinajstić information content (AvgIpc) is 3.31. The maximum Gasteiger partial charge on any atom is 0.273 e. The lowest BCUT2D eigenvalue weighted by atomic mass is 10.1. The van der Waals surface area contributed by atoms with Crippen molar-refractivity contribution in [2.45, 2.75) is 18.9 Å². The van der Waals surface area contributed by atoms with Gasteiger partial charge in [0.1, 0.15) is 5.75 Å². The standard InChI is InChI=1S/C14H19N3O4/c1-16(12(8-15)9-3-4-9)14(18)11-6-5-10(17(19)20)7-13(11)21-2/h5-7,9,12H,3-4,8,15H2,1-2H3. The quantitative estimate of drug-likeness (QED) is 0.631. The van der Waals surface area contributed by atoms with Crippen molar-refractivity contribution in [3.8, 4) is 5.75 Å². The average molecular weight is 293 g/mol. The molecule has 1 unspecified atom stereocenters. The number of likely N-dealkylation sites (N-methyl/N-ethyl adjacent to an activating group) is 1. The molecule has 7 nitrogen and oxygen atoms in total. The Morgan fingerprint density at radius 1 is 1.57 bits per heavy atom. The van der Waals surface area contributed by atoms with E-state index in [1.165, 1.54) is 25.3 Å². The number of nitrogens with zero attached hydrogens (tertiary/aromatic N) is 2. The van der Waals surface area contributed by atoms with Crippen molar-refractivity contribution in [2.75, 3.05) is 20.7 Å². The number of ether oxygens (including phenoxy) is 1. The van der Waals surface area contributed by atoms with Gasteiger partial charge in [-0.2, -0.15) is 0 Å². The fraction of sp³-hybridized carbons (Fsp3) is 0.500. The van der Waals surface area contributed by atoms with Gasteiger partial charge in [-0.25, -0.2) is 0 Å². The van der Waals surface area contributed by atoms with Crippen LogP contribution >= 0.6 is 0 Å². The minimum absolute atomic E-state index is 0.00241. The van der Waals surface area contributed by atoms with Gasteiger partial charge in [0.2, 0.25) is 0 Å². The lowest BCUT2D eigenvalue weighted by Gasteiger charge is -2.27. The summed E-state index contributed by atoms with van der Waals surface area (Å²) in [6.07, 6.45) is 2.16. The Balaban J connectivity index is 2.27. The Morgan fingerprint density at radius 3 is 2.71 bits per heavy atom. The lowest BCUT2D eigenvalue weighted by molar-refractivity contribution is -0.384. The summed E-state index contributed by atoms with van der Waals surface area (Å²) in [7, 11) is 3.09. The Labute approximate surface area is 122 Å². The second-order valence-electron chi connectivity index (χ2n) is 5.20. The zero-order valence-electron chi connectivity index (χ0n) is 12.1. The van der Waals surface area contributed by atoms with E-state index < -0.39 is 4.92 Å². The second-order valence-corrected chi connectivity index (χ2v) is 5.20. The van der Waals surface area contributed by atoms with Crippen molar-refractivity contribution in [2.24, 2.45) is 11.7 Å². The molecule has 1 atom stereocenters. The zero-order chi connectivity index (χ0) is 15.6. The van der Waals surface area contributed by atoms with Crippen molar-refractivity contribution in [1.82, 2.24) is 4.90 Å². The number of methoxy groups -OCH3 is 1. The third-order valence-corrected chi connectivity index (χ3v) is 3.85. The normalized spacial score (nSPS) is 15.4. The summed E-state index contributed by atoms with van der Waals surface area (Å²) in [5, 5.41) is 10.8. The van der Waals surface area contributed by atoms with Crippen molar-refractivity contribution in [3.63, 3.8) is 0 Å². The van der Waals surface area contributed by atoms with Gasteiger partial charge in [0.15, 0.2) is 0 Å². The minimum atomic E-state index is -0.520. The fourth-order valence-corrected chi connectivity index (χ4v) is 2.46. The van der Waals surface area contributed by atoms with Gasteiger partial charge in [0, 0.05) is 25.7 Å². The van der Waals surface area contributed by atoms with Crippen LogP contribution in [0.15, 0.2) is 18.2 Å². The van der Waals surface area contributed by atoms with E-state index >= 15 is 0 Å². The van der Waals surface area contributed by atoms with Gasteiger partial charge < -0.3 is 15.4 Å². The van der Waals surface area contributed by atoms with Crippen LogP contribution in [0.3, 0.4) is 0 Å². The molecule has 0 aromatic heterocycles. The monoisotopic (exact) mass is 293 g/mol. The largest absolute Gasteiger partial charge is 0.496 e. The Morgan fingerprint density at radius 2 is 2.24 bits per heavy atom. The third-order valence-electron chi connectivity index (χ3n) is 3.85. The van der Waals surface area contributed by atoms with Crippen molar-refractivity contribution >= 4 is 11.6 Å². The lowest BCUT2D eigenvalue weighted by Crippen LogP contribution is -2.43. The van der Waals surface area contributed by atoms with Crippen LogP contribution in [0.25, 0.3) is 0 Å². The number of hydrogen-bond acceptors (Lipinski definition) is 5. The molecule has 21 heavy (non-hydrogen) atoms. The number of amides is 1. The Bertz CT molecular complexity index is 557. The first-order valence-electron chi connectivity index (χ1n) is 6.79. The van der Waals surface area contributed by atoms with Gasteiger partial charge in [-0.3, -0.25) is 14.9 Å². The van der Waals surface area contributed by atoms with E-state index in [9.17, 15) is 14.9 Å². The summed E-state index contributed by atoms with van der Waals surface area (Å²) in [5.74, 6) is 0.421. The van der Waals surface area contributed by atoms with Gasteiger partial charge in [-0.05, 0) is 24.8 Å². The molecule has 1 aliphatic carbocycles. The molecule has 0 saturated heterocycles. The molecule has 114 valence electrons. The maximum absolute atomic E-state index is 12.6. The molecule has 0 aliphatic heterocycles. The minimum Gasteiger partial charge on any atom is -0.496 e. The summed E-state index contributed by atoms with van der Waals surface area (Å²) in [4.78, 5) is 24.4. The molecule has 0 radical (unpaired) electrons. The molecule has 0 heterocycles. The number of carbonyl (C=O) groups is 1. The van der Waals surface area contributed by atoms with Crippen LogP contribution in [0.4, 0.5) is 5.69 Å². The van der Waals surface area contributed by atoms with Gasteiger partial charge in [-0.1, -0.05) is 0 Å². The molecule has 0 bridgehead atoms. The molecule has 1 fully saturated rings. The number of rotatable bonds is 6. The smallest absolute Gasteiger partial charge is 0.273 e. The number of hydrogen-bond donors (Lipinski definition) is 1. The van der Waals surface area contributed by atoms with E-state index in [1.807, 2.05) is 0 Å². The van der Waals surface area contributed by atoms with Crippen molar-refractivity contribution < 1.29 is 14.5 Å². The highest BCUT2D eigenvalue weighted by Crippen LogP contribution is 2.35. The van der Waals surface area contributed by atoms with Crippen LogP contribution in [0.2, 0.25) is 0 Å². The zero-order valence-corrected chi connectivity index (χ0v) is 12.1. The second kappa shape index (κ2) is 6.09. The number of nitro groups is 1. The van der Waals surface area contributed by atoms with Crippen LogP contribution in [0.5, 0.6) is 5.75 Å². The molecule has 1 aliphatic rings. The van der Waals surface area contributed by atoms with Crippen LogP contribution in [0, 0.1) is 16.0 Å². The predicted octanol–water partition coefficient (Wildman–Crippen LogP) is 1.41. The summed E-state index contributed by atoms with van der Waals surface area (Å²) in [5.41, 5.74) is 5.95. The molecule has 1 saturated carbocycles. The molecule has 1 aromatic rings. The fourth-order valence-electron chi connectivity index (χ4n) is 2.46. The van der Waals surface area contributed by atoms with Gasteiger partial charge in [0.25, 0.3) is 11.6 Å². The van der Waals surface area contributed by atoms with E-state index in [4.69, 9.17) is 10.5 Å². The molecular formula is C14H19N3O4. The first-order valence-corrected chi connectivity index (χ1v) is 6.79. The van der Waals surface area contributed by atoms with E-state index in [2.05, 4.69) is 0 Å². The first-order chi connectivity index (χ1) is 9.99. The van der Waals surface area contributed by atoms with Crippen LogP contribution in [-0.2, 0) is 0 Å². The molecule has 7 heteroatoms. The van der Waals surface area contributed by atoms with E-state index in [0.29, 0.717) is 18.0 Å². The molecular weight excluding hydrogens is 274 g/mol. The summed E-state index contributed by atoms with van der Waals surface area (Å²) < 4.78 is 5.11. The summed E-state index contributed by atoms with van der Waals surface area (Å²) in [6.45, 7) is 0.405. The number of benzene rings is 1. The molecule has 2 N–H and O–H groups in total. The molecule has 1 aromatic carbocycles. The number of nitrogens with two attached hydrogens (primary N) is 1. The number of non-ortho nitro benzene ring substituents is 1. The van der Waals surface area contributed by atoms with Crippen LogP contribution in [-0.4, -0.2) is 42.5 Å². The highest BCUT2D eigenvalue weighted by molar-refractivity contribution is 5.97. The van der Waals surface area contributed by atoms with E-state index in [-0.39, 0.29) is 23.4 Å². The van der Waals surface area contributed by atoms with E-state index in [0.717, 1.165) is 12.8 Å². The third kappa shape index (κ3) is 3.13. The molecule has 0 spiro atoms. The van der Waals surface area contributed by atoms with Crippen molar-refractivity contribution in [1.29, 1.82) is 0 Å². The molecule has 1 amide bonds. The topological polar surface area (TPSA) is 98.7 Å².